The topological polar surface area (TPSA) is 65.2 Å². The number of hydrogen-bond donors (Lipinski definition) is 2. The van der Waals surface area contributed by atoms with E-state index >= 15 is 0 Å². The van der Waals surface area contributed by atoms with E-state index in [4.69, 9.17) is 0 Å². The van der Waals surface area contributed by atoms with E-state index in [1.807, 2.05) is 53.7 Å². The van der Waals surface area contributed by atoms with Crippen molar-refractivity contribution in [2.45, 2.75) is 32.9 Å². The first-order valence-corrected chi connectivity index (χ1v) is 9.59. The maximum Gasteiger partial charge on any atom is 0.225 e. The molecule has 3 aromatic rings. The van der Waals surface area contributed by atoms with Crippen LogP contribution in [-0.2, 0) is 16.1 Å². The molecule has 0 saturated carbocycles. The van der Waals surface area contributed by atoms with E-state index in [-0.39, 0.29) is 24.3 Å². The summed E-state index contributed by atoms with van der Waals surface area (Å²) in [6, 6.07) is 11.8. The van der Waals surface area contributed by atoms with Crippen LogP contribution in [0.4, 0.5) is 0 Å². The van der Waals surface area contributed by atoms with Gasteiger partial charge in [0, 0.05) is 36.6 Å². The molecule has 0 radical (unpaired) electrons. The highest BCUT2D eigenvalue weighted by Crippen LogP contribution is 2.23. The Kier molecular flexibility index (Phi) is 5.73. The van der Waals surface area contributed by atoms with E-state index in [2.05, 4.69) is 16.4 Å². The third-order valence-electron chi connectivity index (χ3n) is 4.37. The first-order chi connectivity index (χ1) is 12.6. The summed E-state index contributed by atoms with van der Waals surface area (Å²) in [5, 5.41) is 5.99. The van der Waals surface area contributed by atoms with Gasteiger partial charge in [-0.15, -0.1) is 11.3 Å². The van der Waals surface area contributed by atoms with Crippen molar-refractivity contribution >= 4 is 34.1 Å². The Morgan fingerprint density at radius 3 is 2.81 bits per heavy atom. The van der Waals surface area contributed by atoms with Crippen LogP contribution in [-0.4, -0.2) is 28.2 Å². The zero-order chi connectivity index (χ0) is 18.5. The average Bonchev–Trinajstić information content (AvgIpc) is 3.29. The second kappa shape index (κ2) is 8.19. The second-order valence-corrected chi connectivity index (χ2v) is 7.26. The van der Waals surface area contributed by atoms with Crippen LogP contribution in [0.3, 0.4) is 0 Å². The minimum Gasteiger partial charge on any atom is -0.361 e. The number of fused-ring (bicyclic) bond motifs is 1. The molecular formula is C20H23N3O2S. The Labute approximate surface area is 157 Å². The van der Waals surface area contributed by atoms with Gasteiger partial charge in [-0.1, -0.05) is 12.1 Å². The number of carbonyl (C=O) groups excluding carboxylic acids is 2. The zero-order valence-corrected chi connectivity index (χ0v) is 15.8. The molecule has 2 N–H and O–H groups in total. The molecule has 0 fully saturated rings. The van der Waals surface area contributed by atoms with E-state index in [0.29, 0.717) is 13.1 Å². The van der Waals surface area contributed by atoms with E-state index in [1.54, 1.807) is 11.3 Å². The first-order valence-electron chi connectivity index (χ1n) is 8.71. The van der Waals surface area contributed by atoms with Crippen LogP contribution in [0.25, 0.3) is 10.9 Å². The molecule has 6 heteroatoms. The lowest BCUT2D eigenvalue weighted by atomic mass is 10.1. The second-order valence-electron chi connectivity index (χ2n) is 6.28. The number of amides is 2. The van der Waals surface area contributed by atoms with Crippen LogP contribution < -0.4 is 5.32 Å². The molecule has 5 nitrogen and oxygen atoms in total. The fourth-order valence-corrected chi connectivity index (χ4v) is 3.84. The van der Waals surface area contributed by atoms with E-state index in [0.717, 1.165) is 21.3 Å². The Bertz CT molecular complexity index is 885. The smallest absolute Gasteiger partial charge is 0.225 e. The van der Waals surface area contributed by atoms with Crippen molar-refractivity contribution in [1.82, 2.24) is 15.2 Å². The molecule has 0 aliphatic carbocycles. The molecule has 0 aliphatic rings. The summed E-state index contributed by atoms with van der Waals surface area (Å²) in [6.45, 7) is 4.65. The molecule has 1 unspecified atom stereocenters. The molecule has 0 aliphatic heterocycles. The monoisotopic (exact) mass is 369 g/mol. The van der Waals surface area contributed by atoms with Gasteiger partial charge in [0.1, 0.15) is 0 Å². The van der Waals surface area contributed by atoms with Crippen LogP contribution in [0.1, 0.15) is 36.8 Å². The van der Waals surface area contributed by atoms with Crippen LogP contribution in [0, 0.1) is 0 Å². The van der Waals surface area contributed by atoms with E-state index in [1.165, 1.54) is 6.92 Å². The normalized spacial score (nSPS) is 12.1. The number of aromatic nitrogens is 1. The lowest BCUT2D eigenvalue weighted by molar-refractivity contribution is -0.132. The Hall–Kier alpha value is -2.60. The highest BCUT2D eigenvalue weighted by Gasteiger charge is 2.21. The standard InChI is InChI=1S/C20H23N3O2S/c1-3-23(13-15-6-7-17-16(11-15)8-9-21-17)20(25)12-18(22-14(2)24)19-5-4-10-26-19/h4-11,18,21H,3,12-13H2,1-2H3,(H,22,24). The predicted octanol–water partition coefficient (Wildman–Crippen LogP) is 3.85. The van der Waals surface area contributed by atoms with Crippen LogP contribution in [0.5, 0.6) is 0 Å². The minimum absolute atomic E-state index is 0.0359. The highest BCUT2D eigenvalue weighted by molar-refractivity contribution is 7.10. The third-order valence-corrected chi connectivity index (χ3v) is 5.35. The number of H-pyrrole nitrogens is 1. The SMILES string of the molecule is CCN(Cc1ccc2[nH]ccc2c1)C(=O)CC(NC(C)=O)c1cccs1. The molecule has 1 aromatic carbocycles. The van der Waals surface area contributed by atoms with Gasteiger partial charge in [-0.25, -0.2) is 0 Å². The van der Waals surface area contributed by atoms with Gasteiger partial charge in [-0.05, 0) is 47.5 Å². The molecule has 26 heavy (non-hydrogen) atoms. The van der Waals surface area contributed by atoms with E-state index in [9.17, 15) is 9.59 Å². The fraction of sp³-hybridized carbons (Fsp3) is 0.300. The van der Waals surface area contributed by atoms with Crippen molar-refractivity contribution < 1.29 is 9.59 Å². The molecule has 2 heterocycles. The van der Waals surface area contributed by atoms with Gasteiger partial charge in [0.15, 0.2) is 0 Å². The van der Waals surface area contributed by atoms with Crippen molar-refractivity contribution in [3.8, 4) is 0 Å². The van der Waals surface area contributed by atoms with Crippen molar-refractivity contribution in [3.63, 3.8) is 0 Å². The van der Waals surface area contributed by atoms with Gasteiger partial charge in [0.25, 0.3) is 0 Å². The Morgan fingerprint density at radius 1 is 1.27 bits per heavy atom. The maximum atomic E-state index is 12.9. The molecule has 1 atom stereocenters. The number of thiophene rings is 1. The average molecular weight is 369 g/mol. The number of aromatic amines is 1. The number of hydrogen-bond acceptors (Lipinski definition) is 3. The summed E-state index contributed by atoms with van der Waals surface area (Å²) in [4.78, 5) is 30.4. The van der Waals surface area contributed by atoms with Crippen LogP contribution in [0.15, 0.2) is 48.0 Å². The van der Waals surface area contributed by atoms with Gasteiger partial charge >= 0.3 is 0 Å². The van der Waals surface area contributed by atoms with Gasteiger partial charge in [-0.2, -0.15) is 0 Å². The number of rotatable bonds is 7. The summed E-state index contributed by atoms with van der Waals surface area (Å²) in [7, 11) is 0. The van der Waals surface area contributed by atoms with Crippen LogP contribution >= 0.6 is 11.3 Å². The molecule has 3 rings (SSSR count). The summed E-state index contributed by atoms with van der Waals surface area (Å²) >= 11 is 1.55. The lowest BCUT2D eigenvalue weighted by Crippen LogP contribution is -2.35. The molecular weight excluding hydrogens is 346 g/mol. The molecule has 0 bridgehead atoms. The summed E-state index contributed by atoms with van der Waals surface area (Å²) < 4.78 is 0. The Morgan fingerprint density at radius 2 is 2.12 bits per heavy atom. The molecule has 0 saturated heterocycles. The third kappa shape index (κ3) is 4.32. The van der Waals surface area contributed by atoms with Gasteiger partial charge in [-0.3, -0.25) is 9.59 Å². The quantitative estimate of drug-likeness (QED) is 0.664. The van der Waals surface area contributed by atoms with E-state index < -0.39 is 0 Å². The largest absolute Gasteiger partial charge is 0.361 e. The molecule has 0 spiro atoms. The number of nitrogens with one attached hydrogen (secondary N) is 2. The Balaban J connectivity index is 1.71. The number of nitrogens with zero attached hydrogens (tertiary/aromatic N) is 1. The number of carbonyl (C=O) groups is 2. The number of benzene rings is 1. The van der Waals surface area contributed by atoms with Crippen molar-refractivity contribution in [3.05, 3.63) is 58.4 Å². The minimum atomic E-state index is -0.277. The summed E-state index contributed by atoms with van der Waals surface area (Å²) in [6.07, 6.45) is 2.18. The fourth-order valence-electron chi connectivity index (χ4n) is 3.06. The van der Waals surface area contributed by atoms with Gasteiger partial charge in [0.05, 0.1) is 12.5 Å². The van der Waals surface area contributed by atoms with Crippen molar-refractivity contribution in [1.29, 1.82) is 0 Å². The molecule has 2 amide bonds. The van der Waals surface area contributed by atoms with Gasteiger partial charge < -0.3 is 15.2 Å². The van der Waals surface area contributed by atoms with Crippen molar-refractivity contribution in [2.24, 2.45) is 0 Å². The molecule has 2 aromatic heterocycles. The highest BCUT2D eigenvalue weighted by atomic mass is 32.1. The zero-order valence-electron chi connectivity index (χ0n) is 15.0. The lowest BCUT2D eigenvalue weighted by Gasteiger charge is -2.24. The molecule has 136 valence electrons. The van der Waals surface area contributed by atoms with Crippen LogP contribution in [0.2, 0.25) is 0 Å². The first kappa shape index (κ1) is 18.2. The van der Waals surface area contributed by atoms with Crippen molar-refractivity contribution in [2.75, 3.05) is 6.54 Å². The summed E-state index contributed by atoms with van der Waals surface area (Å²) in [5.74, 6) is -0.0917. The predicted molar refractivity (Wildman–Crippen MR) is 105 cm³/mol. The maximum absolute atomic E-state index is 12.9. The summed E-state index contributed by atoms with van der Waals surface area (Å²) in [5.41, 5.74) is 2.19. The van der Waals surface area contributed by atoms with Gasteiger partial charge in [0.2, 0.25) is 11.8 Å².